The molecule has 3 rings (SSSR count). The Kier molecular flexibility index (Phi) is 2.36. The van der Waals surface area contributed by atoms with Gasteiger partial charge in [0.15, 0.2) is 5.82 Å². The average Bonchev–Trinajstić information content (AvgIpc) is 2.77. The fraction of sp³-hybridized carbons (Fsp3) is 0.167. The number of aromatic nitrogens is 2. The molecule has 2 heterocycles. The smallest absolute Gasteiger partial charge is 0.220 e. The van der Waals surface area contributed by atoms with Crippen molar-refractivity contribution in [3.8, 4) is 17.3 Å². The molecular weight excluding hydrogens is 268 g/mol. The van der Waals surface area contributed by atoms with Crippen molar-refractivity contribution in [1.82, 2.24) is 9.97 Å². The van der Waals surface area contributed by atoms with E-state index in [2.05, 4.69) is 25.9 Å². The minimum Gasteiger partial charge on any atom is -0.477 e. The lowest BCUT2D eigenvalue weighted by Gasteiger charge is -2.02. The number of benzene rings is 1. The molecule has 1 aromatic carbocycles. The largest absolute Gasteiger partial charge is 0.477 e. The summed E-state index contributed by atoms with van der Waals surface area (Å²) in [5, 5.41) is 0. The van der Waals surface area contributed by atoms with Gasteiger partial charge in [0.2, 0.25) is 5.88 Å². The zero-order valence-electron chi connectivity index (χ0n) is 8.48. The molecule has 0 fully saturated rings. The number of rotatable bonds is 1. The van der Waals surface area contributed by atoms with Crippen LogP contribution in [0.3, 0.4) is 0 Å². The first-order chi connectivity index (χ1) is 7.83. The maximum absolute atomic E-state index is 5.42. The predicted octanol–water partition coefficient (Wildman–Crippen LogP) is 2.84. The van der Waals surface area contributed by atoms with Gasteiger partial charge >= 0.3 is 0 Å². The quantitative estimate of drug-likeness (QED) is 0.804. The predicted molar refractivity (Wildman–Crippen MR) is 64.4 cm³/mol. The molecule has 0 aliphatic carbocycles. The van der Waals surface area contributed by atoms with Gasteiger partial charge in [-0.3, -0.25) is 0 Å². The van der Waals surface area contributed by atoms with E-state index in [9.17, 15) is 0 Å². The maximum atomic E-state index is 5.42. The van der Waals surface area contributed by atoms with E-state index in [0.717, 1.165) is 27.9 Å². The van der Waals surface area contributed by atoms with Crippen LogP contribution in [0.4, 0.5) is 0 Å². The number of ether oxygens (including phenoxy) is 1. The van der Waals surface area contributed by atoms with Crippen molar-refractivity contribution in [3.63, 3.8) is 0 Å². The molecule has 4 heteroatoms. The highest BCUT2D eigenvalue weighted by Crippen LogP contribution is 2.25. The summed E-state index contributed by atoms with van der Waals surface area (Å²) in [5.74, 6) is 1.45. The van der Waals surface area contributed by atoms with Crippen molar-refractivity contribution < 1.29 is 4.74 Å². The first kappa shape index (κ1) is 9.78. The third-order valence-electron chi connectivity index (χ3n) is 2.54. The van der Waals surface area contributed by atoms with Crippen molar-refractivity contribution in [2.45, 2.75) is 6.42 Å². The van der Waals surface area contributed by atoms with Crippen molar-refractivity contribution in [2.75, 3.05) is 6.61 Å². The number of nitrogens with zero attached hydrogens (tertiary/aromatic N) is 2. The second kappa shape index (κ2) is 3.87. The topological polar surface area (TPSA) is 35.0 Å². The highest BCUT2D eigenvalue weighted by atomic mass is 79.9. The van der Waals surface area contributed by atoms with Gasteiger partial charge < -0.3 is 4.74 Å². The third-order valence-corrected chi connectivity index (χ3v) is 3.07. The van der Waals surface area contributed by atoms with Crippen molar-refractivity contribution >= 4 is 15.9 Å². The Labute approximate surface area is 102 Å². The zero-order chi connectivity index (χ0) is 11.0. The Morgan fingerprint density at radius 2 is 2.00 bits per heavy atom. The van der Waals surface area contributed by atoms with E-state index in [1.54, 1.807) is 0 Å². The van der Waals surface area contributed by atoms with Crippen LogP contribution >= 0.6 is 15.9 Å². The van der Waals surface area contributed by atoms with E-state index < -0.39 is 0 Å². The summed E-state index contributed by atoms with van der Waals surface area (Å²) in [4.78, 5) is 8.75. The van der Waals surface area contributed by atoms with E-state index >= 15 is 0 Å². The number of hydrogen-bond acceptors (Lipinski definition) is 3. The van der Waals surface area contributed by atoms with Crippen LogP contribution in [0.5, 0.6) is 5.88 Å². The molecule has 0 spiro atoms. The standard InChI is InChI=1S/C12H9BrN2O/c13-10-3-1-8(2-4-10)11-14-7-9-5-6-16-12(9)15-11/h1-4,7H,5-6H2. The summed E-state index contributed by atoms with van der Waals surface area (Å²) < 4.78 is 6.47. The van der Waals surface area contributed by atoms with Gasteiger partial charge in [0.25, 0.3) is 0 Å². The van der Waals surface area contributed by atoms with E-state index in [-0.39, 0.29) is 0 Å². The Bertz CT molecular complexity index is 525. The van der Waals surface area contributed by atoms with Gasteiger partial charge in [0.1, 0.15) is 0 Å². The molecule has 0 unspecified atom stereocenters. The van der Waals surface area contributed by atoms with Crippen LogP contribution in [-0.4, -0.2) is 16.6 Å². The molecular formula is C12H9BrN2O. The minimum atomic E-state index is 0.716. The normalized spacial score (nSPS) is 13.3. The molecule has 0 radical (unpaired) electrons. The van der Waals surface area contributed by atoms with Crippen molar-refractivity contribution in [1.29, 1.82) is 0 Å². The molecule has 0 atom stereocenters. The van der Waals surface area contributed by atoms with Crippen LogP contribution < -0.4 is 4.74 Å². The van der Waals surface area contributed by atoms with Gasteiger partial charge in [-0.2, -0.15) is 4.98 Å². The molecule has 2 aromatic rings. The van der Waals surface area contributed by atoms with Crippen molar-refractivity contribution in [2.24, 2.45) is 0 Å². The van der Waals surface area contributed by atoms with Gasteiger partial charge in [0.05, 0.1) is 6.61 Å². The molecule has 16 heavy (non-hydrogen) atoms. The molecule has 0 amide bonds. The van der Waals surface area contributed by atoms with Crippen LogP contribution in [-0.2, 0) is 6.42 Å². The fourth-order valence-corrected chi connectivity index (χ4v) is 1.95. The van der Waals surface area contributed by atoms with Crippen molar-refractivity contribution in [3.05, 3.63) is 40.5 Å². The summed E-state index contributed by atoms with van der Waals surface area (Å²) in [6.45, 7) is 0.716. The minimum absolute atomic E-state index is 0.716. The lowest BCUT2D eigenvalue weighted by molar-refractivity contribution is 0.345. The maximum Gasteiger partial charge on any atom is 0.220 e. The van der Waals surface area contributed by atoms with Gasteiger partial charge in [-0.15, -0.1) is 0 Å². The summed E-state index contributed by atoms with van der Waals surface area (Å²) in [7, 11) is 0. The SMILES string of the molecule is Brc1ccc(-c2ncc3c(n2)OCC3)cc1. The van der Waals surface area contributed by atoms with Gasteiger partial charge in [0, 0.05) is 28.2 Å². The Balaban J connectivity index is 2.03. The molecule has 1 aromatic heterocycles. The molecule has 3 nitrogen and oxygen atoms in total. The third kappa shape index (κ3) is 1.69. The monoisotopic (exact) mass is 276 g/mol. The molecule has 0 saturated heterocycles. The molecule has 80 valence electrons. The Morgan fingerprint density at radius 1 is 1.19 bits per heavy atom. The van der Waals surface area contributed by atoms with Crippen LogP contribution in [0.2, 0.25) is 0 Å². The van der Waals surface area contributed by atoms with Gasteiger partial charge in [-0.05, 0) is 12.1 Å². The zero-order valence-corrected chi connectivity index (χ0v) is 10.1. The molecule has 0 saturated carbocycles. The van der Waals surface area contributed by atoms with E-state index in [4.69, 9.17) is 4.74 Å². The Hall–Kier alpha value is -1.42. The first-order valence-electron chi connectivity index (χ1n) is 5.07. The molecule has 1 aliphatic heterocycles. The molecule has 0 bridgehead atoms. The van der Waals surface area contributed by atoms with Gasteiger partial charge in [-0.25, -0.2) is 4.98 Å². The van der Waals surface area contributed by atoms with Crippen LogP contribution in [0, 0.1) is 0 Å². The number of fused-ring (bicyclic) bond motifs is 1. The van der Waals surface area contributed by atoms with Crippen LogP contribution in [0.15, 0.2) is 34.9 Å². The lowest BCUT2D eigenvalue weighted by atomic mass is 10.2. The highest BCUT2D eigenvalue weighted by Gasteiger charge is 2.15. The average molecular weight is 277 g/mol. The highest BCUT2D eigenvalue weighted by molar-refractivity contribution is 9.10. The van der Waals surface area contributed by atoms with E-state index in [1.165, 1.54) is 0 Å². The summed E-state index contributed by atoms with van der Waals surface area (Å²) >= 11 is 3.40. The second-order valence-corrected chi connectivity index (χ2v) is 4.55. The summed E-state index contributed by atoms with van der Waals surface area (Å²) in [6, 6.07) is 7.93. The molecule has 0 N–H and O–H groups in total. The summed E-state index contributed by atoms with van der Waals surface area (Å²) in [5.41, 5.74) is 2.10. The lowest BCUT2D eigenvalue weighted by Crippen LogP contribution is -1.92. The first-order valence-corrected chi connectivity index (χ1v) is 5.87. The summed E-state index contributed by atoms with van der Waals surface area (Å²) in [6.07, 6.45) is 2.77. The number of halogens is 1. The van der Waals surface area contributed by atoms with Crippen LogP contribution in [0.1, 0.15) is 5.56 Å². The van der Waals surface area contributed by atoms with Crippen LogP contribution in [0.25, 0.3) is 11.4 Å². The van der Waals surface area contributed by atoms with E-state index in [1.807, 2.05) is 30.5 Å². The fourth-order valence-electron chi connectivity index (χ4n) is 1.68. The van der Waals surface area contributed by atoms with Gasteiger partial charge in [-0.1, -0.05) is 28.1 Å². The Morgan fingerprint density at radius 3 is 2.81 bits per heavy atom. The number of hydrogen-bond donors (Lipinski definition) is 0. The second-order valence-electron chi connectivity index (χ2n) is 3.63. The van der Waals surface area contributed by atoms with E-state index in [0.29, 0.717) is 12.4 Å². The molecule has 1 aliphatic rings.